The van der Waals surface area contributed by atoms with Gasteiger partial charge in [0.05, 0.1) is 18.7 Å². The average molecular weight is 434 g/mol. The molecule has 2 aromatic carbocycles. The van der Waals surface area contributed by atoms with E-state index < -0.39 is 0 Å². The van der Waals surface area contributed by atoms with Gasteiger partial charge >= 0.3 is 0 Å². The first kappa shape index (κ1) is 18.6. The third-order valence-electron chi connectivity index (χ3n) is 4.67. The number of hydrogen-bond acceptors (Lipinski definition) is 4. The van der Waals surface area contributed by atoms with Crippen molar-refractivity contribution < 1.29 is 4.74 Å². The van der Waals surface area contributed by atoms with Crippen LogP contribution < -0.4 is 10.1 Å². The lowest BCUT2D eigenvalue weighted by Gasteiger charge is -2.22. The zero-order valence-electron chi connectivity index (χ0n) is 15.5. The SMILES string of the molecule is COc1nc2ccc(Br)cc2cc1C(NCc1ccncc1)c1ccccc1. The third kappa shape index (κ3) is 4.06. The maximum absolute atomic E-state index is 5.67. The summed E-state index contributed by atoms with van der Waals surface area (Å²) in [6.07, 6.45) is 3.62. The fourth-order valence-electron chi connectivity index (χ4n) is 3.29. The second-order valence-electron chi connectivity index (χ2n) is 6.50. The molecule has 4 nitrogen and oxygen atoms in total. The van der Waals surface area contributed by atoms with Crippen molar-refractivity contribution in [2.24, 2.45) is 0 Å². The van der Waals surface area contributed by atoms with Crippen molar-refractivity contribution in [1.82, 2.24) is 15.3 Å². The average Bonchev–Trinajstić information content (AvgIpc) is 2.75. The van der Waals surface area contributed by atoms with Crippen molar-refractivity contribution in [3.8, 4) is 5.88 Å². The molecule has 1 N–H and O–H groups in total. The highest BCUT2D eigenvalue weighted by molar-refractivity contribution is 9.10. The molecular weight excluding hydrogens is 414 g/mol. The molecule has 0 spiro atoms. The van der Waals surface area contributed by atoms with Gasteiger partial charge in [0.2, 0.25) is 5.88 Å². The highest BCUT2D eigenvalue weighted by atomic mass is 79.9. The van der Waals surface area contributed by atoms with Crippen LogP contribution in [0.3, 0.4) is 0 Å². The Morgan fingerprint density at radius 1 is 1.00 bits per heavy atom. The maximum atomic E-state index is 5.67. The van der Waals surface area contributed by atoms with E-state index in [1.165, 1.54) is 5.56 Å². The molecule has 1 unspecified atom stereocenters. The van der Waals surface area contributed by atoms with Gasteiger partial charge in [-0.2, -0.15) is 0 Å². The Morgan fingerprint density at radius 2 is 1.79 bits per heavy atom. The minimum absolute atomic E-state index is 0.0554. The second-order valence-corrected chi connectivity index (χ2v) is 7.42. The van der Waals surface area contributed by atoms with Crippen LogP contribution in [0, 0.1) is 0 Å². The Bertz CT molecular complexity index is 1070. The van der Waals surface area contributed by atoms with Crippen molar-refractivity contribution in [3.63, 3.8) is 0 Å². The number of ether oxygens (including phenoxy) is 1. The van der Waals surface area contributed by atoms with Gasteiger partial charge in [0.1, 0.15) is 0 Å². The molecule has 5 heteroatoms. The summed E-state index contributed by atoms with van der Waals surface area (Å²) in [5.74, 6) is 0.630. The Balaban J connectivity index is 1.78. The molecule has 0 amide bonds. The van der Waals surface area contributed by atoms with Crippen molar-refractivity contribution in [2.45, 2.75) is 12.6 Å². The van der Waals surface area contributed by atoms with Gasteiger partial charge in [-0.1, -0.05) is 46.3 Å². The first-order valence-electron chi connectivity index (χ1n) is 9.06. The van der Waals surface area contributed by atoms with E-state index in [4.69, 9.17) is 9.72 Å². The molecule has 0 aliphatic heterocycles. The van der Waals surface area contributed by atoms with Gasteiger partial charge in [-0.25, -0.2) is 4.98 Å². The smallest absolute Gasteiger partial charge is 0.218 e. The van der Waals surface area contributed by atoms with Crippen molar-refractivity contribution in [2.75, 3.05) is 7.11 Å². The van der Waals surface area contributed by atoms with Crippen LogP contribution in [0.15, 0.2) is 83.6 Å². The number of pyridine rings is 2. The molecule has 0 saturated carbocycles. The van der Waals surface area contributed by atoms with E-state index >= 15 is 0 Å². The lowest BCUT2D eigenvalue weighted by Crippen LogP contribution is -2.23. The Labute approximate surface area is 172 Å². The fourth-order valence-corrected chi connectivity index (χ4v) is 3.67. The summed E-state index contributed by atoms with van der Waals surface area (Å²) in [4.78, 5) is 8.84. The predicted octanol–water partition coefficient (Wildman–Crippen LogP) is 5.28. The van der Waals surface area contributed by atoms with Crippen LogP contribution in [0.25, 0.3) is 10.9 Å². The van der Waals surface area contributed by atoms with Crippen molar-refractivity contribution in [1.29, 1.82) is 0 Å². The van der Waals surface area contributed by atoms with Crippen molar-refractivity contribution >= 4 is 26.8 Å². The molecule has 0 bridgehead atoms. The van der Waals surface area contributed by atoms with Gasteiger partial charge in [-0.15, -0.1) is 0 Å². The number of halogens is 1. The lowest BCUT2D eigenvalue weighted by atomic mass is 9.97. The van der Waals surface area contributed by atoms with Gasteiger partial charge in [0.25, 0.3) is 0 Å². The number of aromatic nitrogens is 2. The second kappa shape index (κ2) is 8.50. The summed E-state index contributed by atoms with van der Waals surface area (Å²) >= 11 is 3.56. The van der Waals surface area contributed by atoms with E-state index in [-0.39, 0.29) is 6.04 Å². The highest BCUT2D eigenvalue weighted by Crippen LogP contribution is 2.32. The van der Waals surface area contributed by atoms with Gasteiger partial charge in [-0.3, -0.25) is 4.98 Å². The highest BCUT2D eigenvalue weighted by Gasteiger charge is 2.20. The monoisotopic (exact) mass is 433 g/mol. The first-order valence-corrected chi connectivity index (χ1v) is 9.85. The minimum Gasteiger partial charge on any atom is -0.481 e. The van der Waals surface area contributed by atoms with E-state index in [1.54, 1.807) is 7.11 Å². The molecule has 28 heavy (non-hydrogen) atoms. The number of methoxy groups -OCH3 is 1. The maximum Gasteiger partial charge on any atom is 0.218 e. The third-order valence-corrected chi connectivity index (χ3v) is 5.16. The van der Waals surface area contributed by atoms with Crippen LogP contribution in [-0.2, 0) is 6.54 Å². The zero-order valence-corrected chi connectivity index (χ0v) is 17.1. The van der Waals surface area contributed by atoms with Crippen LogP contribution in [-0.4, -0.2) is 17.1 Å². The summed E-state index contributed by atoms with van der Waals surface area (Å²) in [7, 11) is 1.67. The fraction of sp³-hybridized carbons (Fsp3) is 0.130. The quantitative estimate of drug-likeness (QED) is 0.449. The summed E-state index contributed by atoms with van der Waals surface area (Å²) < 4.78 is 6.69. The summed E-state index contributed by atoms with van der Waals surface area (Å²) in [6.45, 7) is 0.710. The molecule has 4 rings (SSSR count). The summed E-state index contributed by atoms with van der Waals surface area (Å²) in [5.41, 5.74) is 4.25. The van der Waals surface area contributed by atoms with E-state index in [0.29, 0.717) is 12.4 Å². The van der Waals surface area contributed by atoms with Crippen LogP contribution in [0.1, 0.15) is 22.7 Å². The van der Waals surface area contributed by atoms with Crippen molar-refractivity contribution in [3.05, 3.63) is 100 Å². The molecule has 2 heterocycles. The Kier molecular flexibility index (Phi) is 5.65. The van der Waals surface area contributed by atoms with E-state index in [1.807, 2.05) is 54.9 Å². The standard InChI is InChI=1S/C23H20BrN3O/c1-28-23-20(14-18-13-19(24)7-8-21(18)27-23)22(17-5-3-2-4-6-17)26-15-16-9-11-25-12-10-16/h2-14,22,26H,15H2,1H3. The number of fused-ring (bicyclic) bond motifs is 1. The number of benzene rings is 2. The lowest BCUT2D eigenvalue weighted by molar-refractivity contribution is 0.388. The Hall–Kier alpha value is -2.76. The van der Waals surface area contributed by atoms with Gasteiger partial charge in [-0.05, 0) is 47.5 Å². The molecular formula is C23H20BrN3O. The topological polar surface area (TPSA) is 47.0 Å². The molecule has 0 saturated heterocycles. The molecule has 4 aromatic rings. The normalized spacial score (nSPS) is 12.1. The number of nitrogens with one attached hydrogen (secondary N) is 1. The molecule has 0 aliphatic rings. The number of rotatable bonds is 6. The molecule has 1 atom stereocenters. The van der Waals surface area contributed by atoms with E-state index in [0.717, 1.165) is 26.5 Å². The summed E-state index contributed by atoms with van der Waals surface area (Å²) in [5, 5.41) is 4.73. The zero-order chi connectivity index (χ0) is 19.3. The predicted molar refractivity (Wildman–Crippen MR) is 115 cm³/mol. The first-order chi connectivity index (χ1) is 13.7. The largest absolute Gasteiger partial charge is 0.481 e. The molecule has 140 valence electrons. The van der Waals surface area contributed by atoms with Crippen LogP contribution >= 0.6 is 15.9 Å². The van der Waals surface area contributed by atoms with Gasteiger partial charge in [0, 0.05) is 34.4 Å². The number of nitrogens with zero attached hydrogens (tertiary/aromatic N) is 2. The molecule has 0 fully saturated rings. The van der Waals surface area contributed by atoms with E-state index in [9.17, 15) is 0 Å². The van der Waals surface area contributed by atoms with Crippen LogP contribution in [0.5, 0.6) is 5.88 Å². The van der Waals surface area contributed by atoms with Crippen LogP contribution in [0.4, 0.5) is 0 Å². The number of hydrogen-bond donors (Lipinski definition) is 1. The molecule has 2 aromatic heterocycles. The van der Waals surface area contributed by atoms with Crippen LogP contribution in [0.2, 0.25) is 0 Å². The van der Waals surface area contributed by atoms with E-state index in [2.05, 4.69) is 50.5 Å². The van der Waals surface area contributed by atoms with Gasteiger partial charge in [0.15, 0.2) is 0 Å². The Morgan fingerprint density at radius 3 is 2.54 bits per heavy atom. The minimum atomic E-state index is -0.0554. The summed E-state index contributed by atoms with van der Waals surface area (Å²) in [6, 6.07) is 22.6. The molecule has 0 aliphatic carbocycles. The molecule has 0 radical (unpaired) electrons. The van der Waals surface area contributed by atoms with Gasteiger partial charge < -0.3 is 10.1 Å².